The third-order valence-corrected chi connectivity index (χ3v) is 16.8. The van der Waals surface area contributed by atoms with Crippen LogP contribution >= 0.6 is 0 Å². The molecule has 0 aliphatic rings. The first-order valence-electron chi connectivity index (χ1n) is 37.3. The van der Waals surface area contributed by atoms with Crippen LogP contribution in [0.1, 0.15) is 367 Å². The summed E-state index contributed by atoms with van der Waals surface area (Å²) in [6, 6.07) is 0. The van der Waals surface area contributed by atoms with Gasteiger partial charge >= 0.3 is 11.9 Å². The molecule has 9 nitrogen and oxygen atoms in total. The van der Waals surface area contributed by atoms with Gasteiger partial charge in [0.25, 0.3) is 0 Å². The molecule has 9 heteroatoms. The highest BCUT2D eigenvalue weighted by molar-refractivity contribution is 5.70. The fourth-order valence-electron chi connectivity index (χ4n) is 11.2. The summed E-state index contributed by atoms with van der Waals surface area (Å²) in [5.74, 6) is -2.25. The van der Waals surface area contributed by atoms with Gasteiger partial charge in [0.15, 0.2) is 12.4 Å². The van der Waals surface area contributed by atoms with Gasteiger partial charge in [0.1, 0.15) is 13.2 Å². The molecule has 0 heterocycles. The van der Waals surface area contributed by atoms with Gasteiger partial charge in [0.05, 0.1) is 40.3 Å². The molecule has 0 spiro atoms. The predicted octanol–water partition coefficient (Wildman–Crippen LogP) is 22.0. The minimum atomic E-state index is -1.62. The normalized spacial score (nSPS) is 12.9. The van der Waals surface area contributed by atoms with Crippen molar-refractivity contribution in [1.82, 2.24) is 0 Å². The first-order chi connectivity index (χ1) is 42.1. The number of allylic oxidation sites excluding steroid dienone is 8. The number of rotatable bonds is 70. The average Bonchev–Trinajstić information content (AvgIpc) is 3.63. The summed E-state index contributed by atoms with van der Waals surface area (Å²) in [5.41, 5.74) is 0. The molecule has 0 saturated carbocycles. The molecule has 0 aromatic rings. The molecule has 0 aromatic carbocycles. The minimum Gasteiger partial charge on any atom is -0.545 e. The summed E-state index contributed by atoms with van der Waals surface area (Å²) < 4.78 is 22.8. The Hall–Kier alpha value is -2.75. The number of carboxylic acids is 1. The van der Waals surface area contributed by atoms with Crippen LogP contribution in [0, 0.1) is 0 Å². The van der Waals surface area contributed by atoms with Crippen molar-refractivity contribution < 1.29 is 42.9 Å². The van der Waals surface area contributed by atoms with E-state index in [1.54, 1.807) is 0 Å². The summed E-state index contributed by atoms with van der Waals surface area (Å²) in [4.78, 5) is 37.5. The lowest BCUT2D eigenvalue weighted by Gasteiger charge is -2.26. The van der Waals surface area contributed by atoms with E-state index in [-0.39, 0.29) is 32.2 Å². The number of unbranched alkanes of at least 4 members (excludes halogenated alkanes) is 47. The number of esters is 2. The fourth-order valence-corrected chi connectivity index (χ4v) is 11.2. The maximum absolute atomic E-state index is 12.9. The number of ether oxygens (including phenoxy) is 4. The Kier molecular flexibility index (Phi) is 66.0. The third kappa shape index (κ3) is 68.7. The topological polar surface area (TPSA) is 111 Å². The molecule has 86 heavy (non-hydrogen) atoms. The second-order valence-corrected chi connectivity index (χ2v) is 26.6. The summed E-state index contributed by atoms with van der Waals surface area (Å²) in [6.07, 6.45) is 85.1. The Bertz CT molecular complexity index is 1550. The van der Waals surface area contributed by atoms with E-state index < -0.39 is 24.3 Å². The smallest absolute Gasteiger partial charge is 0.306 e. The van der Waals surface area contributed by atoms with E-state index in [0.717, 1.165) is 64.2 Å². The molecule has 0 aliphatic carbocycles. The standard InChI is InChI=1S/C77H143NO8/c1-6-8-10-12-14-16-18-20-22-24-26-28-29-30-31-32-33-34-35-36-37-38-39-40-41-42-43-44-45-46-47-48-50-52-54-56-58-60-62-64-66-68-75(80)86-73(72-85-77(76(81)82)83-70-69-78(3,4)5)71-84-74(79)67-65-63-61-59-57-55-53-51-49-27-25-23-21-19-17-15-13-11-9-7-2/h8,10,14,16,20,22,26,28,73,77H,6-7,9,11-13,15,17-19,21,23-25,27,29-72H2,1-5H3/b10-8-,16-14-,22-20-,28-26-. The van der Waals surface area contributed by atoms with E-state index in [1.807, 2.05) is 21.1 Å². The van der Waals surface area contributed by atoms with Crippen LogP contribution in [0.25, 0.3) is 0 Å². The third-order valence-electron chi connectivity index (χ3n) is 16.8. The minimum absolute atomic E-state index is 0.152. The average molecular weight is 1210 g/mol. The summed E-state index contributed by atoms with van der Waals surface area (Å²) in [7, 11) is 5.95. The Labute approximate surface area is 533 Å². The van der Waals surface area contributed by atoms with Crippen molar-refractivity contribution in [3.05, 3.63) is 48.6 Å². The molecule has 0 bridgehead atoms. The number of quaternary nitrogens is 1. The summed E-state index contributed by atoms with van der Waals surface area (Å²) in [5, 5.41) is 11.8. The fraction of sp³-hybridized carbons (Fsp3) is 0.857. The van der Waals surface area contributed by atoms with Crippen molar-refractivity contribution in [3.63, 3.8) is 0 Å². The molecule has 2 unspecified atom stereocenters. The molecule has 0 radical (unpaired) electrons. The van der Waals surface area contributed by atoms with Gasteiger partial charge in [-0.3, -0.25) is 9.59 Å². The van der Waals surface area contributed by atoms with Gasteiger partial charge in [0, 0.05) is 12.8 Å². The van der Waals surface area contributed by atoms with Crippen molar-refractivity contribution >= 4 is 17.9 Å². The van der Waals surface area contributed by atoms with Gasteiger partial charge in [-0.05, 0) is 51.4 Å². The highest BCUT2D eigenvalue weighted by atomic mass is 16.7. The number of nitrogens with zero attached hydrogens (tertiary/aromatic N) is 1. The zero-order valence-electron chi connectivity index (χ0n) is 57.7. The Morgan fingerprint density at radius 3 is 0.988 bits per heavy atom. The molecule has 0 fully saturated rings. The van der Waals surface area contributed by atoms with E-state index in [4.69, 9.17) is 18.9 Å². The number of carbonyl (C=O) groups excluding carboxylic acids is 3. The summed E-state index contributed by atoms with van der Waals surface area (Å²) in [6.45, 7) is 4.71. The van der Waals surface area contributed by atoms with Gasteiger partial charge < -0.3 is 33.3 Å². The molecule has 0 rings (SSSR count). The molecular weight excluding hydrogens is 1070 g/mol. The number of carboxylic acid groups (broad SMARTS) is 1. The lowest BCUT2D eigenvalue weighted by Crippen LogP contribution is -2.44. The van der Waals surface area contributed by atoms with Gasteiger partial charge in [-0.1, -0.05) is 351 Å². The van der Waals surface area contributed by atoms with Gasteiger partial charge in [0.2, 0.25) is 0 Å². The number of aliphatic carboxylic acids is 1. The SMILES string of the molecule is CC/C=C\C/C=C\C/C=C\C/C=C\CCCCCCCCCCCCCCCCCCCCCCCCCCCCCCC(=O)OC(COC(=O)CCCCCCCCCCCCCCCCCCCCCC)COC(OCC[N+](C)(C)C)C(=O)[O-]. The van der Waals surface area contributed by atoms with Crippen LogP contribution in [0.4, 0.5) is 0 Å². The van der Waals surface area contributed by atoms with Crippen LogP contribution in [0.2, 0.25) is 0 Å². The van der Waals surface area contributed by atoms with Crippen molar-refractivity contribution in [2.75, 3.05) is 47.5 Å². The highest BCUT2D eigenvalue weighted by Crippen LogP contribution is 2.19. The van der Waals surface area contributed by atoms with Crippen LogP contribution in [0.15, 0.2) is 48.6 Å². The Morgan fingerprint density at radius 2 is 0.663 bits per heavy atom. The summed E-state index contributed by atoms with van der Waals surface area (Å²) >= 11 is 0. The van der Waals surface area contributed by atoms with Crippen LogP contribution in [-0.2, 0) is 33.3 Å². The van der Waals surface area contributed by atoms with Crippen LogP contribution in [0.3, 0.4) is 0 Å². The maximum Gasteiger partial charge on any atom is 0.306 e. The van der Waals surface area contributed by atoms with E-state index in [1.165, 1.54) is 276 Å². The predicted molar refractivity (Wildman–Crippen MR) is 366 cm³/mol. The van der Waals surface area contributed by atoms with Crippen molar-refractivity contribution in [2.24, 2.45) is 0 Å². The molecule has 0 amide bonds. The molecule has 0 aromatic heterocycles. The Morgan fingerprint density at radius 1 is 0.360 bits per heavy atom. The molecule has 0 aliphatic heterocycles. The van der Waals surface area contributed by atoms with E-state index in [0.29, 0.717) is 17.4 Å². The molecule has 2 atom stereocenters. The maximum atomic E-state index is 12.9. The molecular formula is C77H143NO8. The Balaban J connectivity index is 3.92. The van der Waals surface area contributed by atoms with Crippen LogP contribution < -0.4 is 5.11 Å². The second-order valence-electron chi connectivity index (χ2n) is 26.6. The monoisotopic (exact) mass is 1210 g/mol. The molecule has 0 saturated heterocycles. The van der Waals surface area contributed by atoms with Crippen LogP contribution in [0.5, 0.6) is 0 Å². The highest BCUT2D eigenvalue weighted by Gasteiger charge is 2.22. The largest absolute Gasteiger partial charge is 0.545 e. The van der Waals surface area contributed by atoms with Crippen molar-refractivity contribution in [3.8, 4) is 0 Å². The molecule has 504 valence electrons. The quantitative estimate of drug-likeness (QED) is 0.0195. The van der Waals surface area contributed by atoms with E-state index in [9.17, 15) is 19.5 Å². The van der Waals surface area contributed by atoms with Crippen LogP contribution in [-0.4, -0.2) is 82.3 Å². The zero-order chi connectivity index (χ0) is 62.6. The zero-order valence-corrected chi connectivity index (χ0v) is 57.7. The first kappa shape index (κ1) is 83.2. The first-order valence-corrected chi connectivity index (χ1v) is 37.3. The number of likely N-dealkylation sites (N-methyl/N-ethyl adjacent to an activating group) is 1. The lowest BCUT2D eigenvalue weighted by molar-refractivity contribution is -0.870. The second kappa shape index (κ2) is 68.2. The van der Waals surface area contributed by atoms with Gasteiger partial charge in [-0.15, -0.1) is 0 Å². The van der Waals surface area contributed by atoms with Gasteiger partial charge in [-0.2, -0.15) is 0 Å². The van der Waals surface area contributed by atoms with Crippen molar-refractivity contribution in [1.29, 1.82) is 0 Å². The van der Waals surface area contributed by atoms with E-state index >= 15 is 0 Å². The van der Waals surface area contributed by atoms with Crippen molar-refractivity contribution in [2.45, 2.75) is 379 Å². The lowest BCUT2D eigenvalue weighted by atomic mass is 10.0. The molecule has 0 N–H and O–H groups in total. The number of hydrogen-bond donors (Lipinski definition) is 0. The number of hydrogen-bond acceptors (Lipinski definition) is 8. The van der Waals surface area contributed by atoms with Gasteiger partial charge in [-0.25, -0.2) is 0 Å². The van der Waals surface area contributed by atoms with E-state index in [2.05, 4.69) is 62.5 Å². The number of carbonyl (C=O) groups is 3.